The number of carbonyl (C=O) groups is 1. The van der Waals surface area contributed by atoms with Gasteiger partial charge in [0, 0.05) is 24.8 Å². The van der Waals surface area contributed by atoms with Crippen LogP contribution in [0.3, 0.4) is 0 Å². The number of nitrogens with two attached hydrogens (primary N) is 1. The Kier molecular flexibility index (Phi) is 4.90. The first-order chi connectivity index (χ1) is 9.41. The van der Waals surface area contributed by atoms with Gasteiger partial charge in [0.2, 0.25) is 10.0 Å². The van der Waals surface area contributed by atoms with E-state index in [4.69, 9.17) is 5.14 Å². The van der Waals surface area contributed by atoms with Crippen LogP contribution in [0, 0.1) is 0 Å². The molecular formula is C14H25N3O3S. The van der Waals surface area contributed by atoms with Gasteiger partial charge in [0.05, 0.1) is 0 Å². The molecule has 0 saturated carbocycles. The quantitative estimate of drug-likeness (QED) is 0.901. The number of hydrogen-bond acceptors (Lipinski definition) is 3. The summed E-state index contributed by atoms with van der Waals surface area (Å²) < 4.78 is 24.7. The molecule has 1 amide bonds. The lowest BCUT2D eigenvalue weighted by molar-refractivity contribution is 0.0607. The van der Waals surface area contributed by atoms with Crippen molar-refractivity contribution in [1.29, 1.82) is 0 Å². The predicted octanol–water partition coefficient (Wildman–Crippen LogP) is 1.98. The van der Waals surface area contributed by atoms with E-state index >= 15 is 0 Å². The number of aromatic nitrogens is 1. The normalized spacial score (nSPS) is 12.8. The van der Waals surface area contributed by atoms with Crippen LogP contribution in [-0.4, -0.2) is 36.4 Å². The lowest BCUT2D eigenvalue weighted by Crippen LogP contribution is -2.45. The zero-order chi connectivity index (χ0) is 16.6. The Morgan fingerprint density at radius 1 is 1.43 bits per heavy atom. The van der Waals surface area contributed by atoms with E-state index < -0.39 is 10.0 Å². The summed E-state index contributed by atoms with van der Waals surface area (Å²) in [4.78, 5) is 14.3. The fourth-order valence-corrected chi connectivity index (χ4v) is 2.43. The number of primary sulfonamides is 1. The molecular weight excluding hydrogens is 290 g/mol. The summed E-state index contributed by atoms with van der Waals surface area (Å²) in [6, 6.07) is 1.30. The van der Waals surface area contributed by atoms with Gasteiger partial charge in [-0.3, -0.25) is 4.79 Å². The van der Waals surface area contributed by atoms with Crippen molar-refractivity contribution in [3.8, 4) is 0 Å². The standard InChI is InChI=1S/C14H25N3O3S/c1-7-14(4,5)16(6)13(18)12-8-11(21(15,19)20)9-17(12)10(2)3/h8-10H,7H2,1-6H3,(H2,15,19,20). The van der Waals surface area contributed by atoms with Gasteiger partial charge in [0.1, 0.15) is 10.6 Å². The van der Waals surface area contributed by atoms with E-state index in [0.29, 0.717) is 5.69 Å². The van der Waals surface area contributed by atoms with Crippen molar-refractivity contribution in [2.45, 2.75) is 57.5 Å². The van der Waals surface area contributed by atoms with Crippen LogP contribution in [0.1, 0.15) is 57.6 Å². The van der Waals surface area contributed by atoms with Crippen molar-refractivity contribution in [3.05, 3.63) is 18.0 Å². The third-order valence-electron chi connectivity index (χ3n) is 4.01. The zero-order valence-corrected chi connectivity index (χ0v) is 14.4. The van der Waals surface area contributed by atoms with Crippen LogP contribution < -0.4 is 5.14 Å². The highest BCUT2D eigenvalue weighted by atomic mass is 32.2. The Bertz CT molecular complexity index is 630. The highest BCUT2D eigenvalue weighted by Gasteiger charge is 2.29. The van der Waals surface area contributed by atoms with Gasteiger partial charge >= 0.3 is 0 Å². The summed E-state index contributed by atoms with van der Waals surface area (Å²) in [5, 5.41) is 5.16. The first-order valence-corrected chi connectivity index (χ1v) is 8.49. The van der Waals surface area contributed by atoms with Gasteiger partial charge in [-0.05, 0) is 40.2 Å². The van der Waals surface area contributed by atoms with Gasteiger partial charge in [0.15, 0.2) is 0 Å². The minimum atomic E-state index is -3.83. The maximum atomic E-state index is 12.7. The molecule has 0 spiro atoms. The van der Waals surface area contributed by atoms with E-state index in [1.54, 1.807) is 16.5 Å². The molecule has 0 aliphatic rings. The molecule has 1 aromatic heterocycles. The summed E-state index contributed by atoms with van der Waals surface area (Å²) in [5.74, 6) is -0.217. The molecule has 0 aliphatic carbocycles. The molecule has 1 rings (SSSR count). The van der Waals surface area contributed by atoms with E-state index in [-0.39, 0.29) is 22.4 Å². The number of carbonyl (C=O) groups excluding carboxylic acids is 1. The van der Waals surface area contributed by atoms with E-state index in [1.165, 1.54) is 12.3 Å². The van der Waals surface area contributed by atoms with Crippen LogP contribution in [0.25, 0.3) is 0 Å². The van der Waals surface area contributed by atoms with Gasteiger partial charge in [-0.2, -0.15) is 0 Å². The number of sulfonamides is 1. The molecule has 1 heterocycles. The highest BCUT2D eigenvalue weighted by molar-refractivity contribution is 7.89. The molecule has 0 aliphatic heterocycles. The van der Waals surface area contributed by atoms with Crippen molar-refractivity contribution >= 4 is 15.9 Å². The molecule has 21 heavy (non-hydrogen) atoms. The summed E-state index contributed by atoms with van der Waals surface area (Å²) in [6.07, 6.45) is 2.21. The van der Waals surface area contributed by atoms with Crippen LogP contribution in [0.15, 0.2) is 17.2 Å². The summed E-state index contributed by atoms with van der Waals surface area (Å²) in [7, 11) is -2.11. The average molecular weight is 315 g/mol. The largest absolute Gasteiger partial charge is 0.340 e. The summed E-state index contributed by atoms with van der Waals surface area (Å²) >= 11 is 0. The Morgan fingerprint density at radius 3 is 2.33 bits per heavy atom. The number of amides is 1. The molecule has 0 unspecified atom stereocenters. The van der Waals surface area contributed by atoms with Gasteiger partial charge in [-0.1, -0.05) is 6.92 Å². The fourth-order valence-electron chi connectivity index (χ4n) is 1.89. The number of nitrogens with zero attached hydrogens (tertiary/aromatic N) is 2. The van der Waals surface area contributed by atoms with Gasteiger partial charge in [-0.25, -0.2) is 13.6 Å². The van der Waals surface area contributed by atoms with Crippen LogP contribution in [0.4, 0.5) is 0 Å². The van der Waals surface area contributed by atoms with Gasteiger partial charge < -0.3 is 9.47 Å². The average Bonchev–Trinajstić information content (AvgIpc) is 2.81. The van der Waals surface area contributed by atoms with E-state index in [1.807, 2.05) is 34.6 Å². The molecule has 0 radical (unpaired) electrons. The third-order valence-corrected chi connectivity index (χ3v) is 4.89. The minimum absolute atomic E-state index is 0.0396. The topological polar surface area (TPSA) is 85.4 Å². The molecule has 2 N–H and O–H groups in total. The smallest absolute Gasteiger partial charge is 0.270 e. The molecule has 0 aromatic carbocycles. The molecule has 6 nitrogen and oxygen atoms in total. The zero-order valence-electron chi connectivity index (χ0n) is 13.5. The van der Waals surface area contributed by atoms with Crippen LogP contribution in [0.5, 0.6) is 0 Å². The first-order valence-electron chi connectivity index (χ1n) is 6.94. The van der Waals surface area contributed by atoms with Crippen molar-refractivity contribution in [2.75, 3.05) is 7.05 Å². The van der Waals surface area contributed by atoms with Crippen LogP contribution in [-0.2, 0) is 10.0 Å². The molecule has 7 heteroatoms. The number of rotatable bonds is 5. The Morgan fingerprint density at radius 2 is 1.95 bits per heavy atom. The van der Waals surface area contributed by atoms with Crippen LogP contribution in [0.2, 0.25) is 0 Å². The second-order valence-corrected chi connectivity index (χ2v) is 7.70. The van der Waals surface area contributed by atoms with Crippen molar-refractivity contribution in [3.63, 3.8) is 0 Å². The van der Waals surface area contributed by atoms with E-state index in [0.717, 1.165) is 6.42 Å². The second kappa shape index (κ2) is 5.81. The molecule has 0 bridgehead atoms. The Labute approximate surface area is 127 Å². The lowest BCUT2D eigenvalue weighted by Gasteiger charge is -2.35. The number of hydrogen-bond donors (Lipinski definition) is 1. The summed E-state index contributed by atoms with van der Waals surface area (Å²) in [5.41, 5.74) is 0.0170. The highest BCUT2D eigenvalue weighted by Crippen LogP contribution is 2.23. The van der Waals surface area contributed by atoms with E-state index in [2.05, 4.69) is 0 Å². The second-order valence-electron chi connectivity index (χ2n) is 6.14. The lowest BCUT2D eigenvalue weighted by atomic mass is 9.99. The van der Waals surface area contributed by atoms with Crippen molar-refractivity contribution < 1.29 is 13.2 Å². The van der Waals surface area contributed by atoms with Gasteiger partial charge in [0.25, 0.3) is 5.91 Å². The third kappa shape index (κ3) is 3.65. The molecule has 0 saturated heterocycles. The molecule has 0 fully saturated rings. The molecule has 0 atom stereocenters. The monoisotopic (exact) mass is 315 g/mol. The maximum Gasteiger partial charge on any atom is 0.270 e. The molecule has 1 aromatic rings. The van der Waals surface area contributed by atoms with Crippen LogP contribution >= 0.6 is 0 Å². The fraction of sp³-hybridized carbons (Fsp3) is 0.643. The van der Waals surface area contributed by atoms with Crippen molar-refractivity contribution in [1.82, 2.24) is 9.47 Å². The van der Waals surface area contributed by atoms with Gasteiger partial charge in [-0.15, -0.1) is 0 Å². The SMILES string of the molecule is CCC(C)(C)N(C)C(=O)c1cc(S(N)(=O)=O)cn1C(C)C. The Hall–Kier alpha value is -1.34. The Balaban J connectivity index is 3.36. The van der Waals surface area contributed by atoms with Crippen molar-refractivity contribution in [2.24, 2.45) is 5.14 Å². The summed E-state index contributed by atoms with van der Waals surface area (Å²) in [6.45, 7) is 9.70. The predicted molar refractivity (Wildman–Crippen MR) is 82.7 cm³/mol. The minimum Gasteiger partial charge on any atom is -0.340 e. The first kappa shape index (κ1) is 17.7. The maximum absolute atomic E-state index is 12.7. The van der Waals surface area contributed by atoms with E-state index in [9.17, 15) is 13.2 Å². The molecule has 120 valence electrons.